The van der Waals surface area contributed by atoms with Gasteiger partial charge in [-0.1, -0.05) is 33.6 Å². The van der Waals surface area contributed by atoms with Crippen LogP contribution in [0.3, 0.4) is 0 Å². The van der Waals surface area contributed by atoms with Gasteiger partial charge in [-0.05, 0) is 24.3 Å². The molecule has 0 saturated carbocycles. The van der Waals surface area contributed by atoms with Crippen molar-refractivity contribution in [3.05, 3.63) is 24.3 Å². The molecule has 0 fully saturated rings. The molecule has 1 rings (SSSR count). The Morgan fingerprint density at radius 2 is 2.14 bits per heavy atom. The molecule has 0 aliphatic carbocycles. The summed E-state index contributed by atoms with van der Waals surface area (Å²) < 4.78 is 0. The SMILES string of the molecule is CCCC(C)(CC)Cc1ccncn1. The van der Waals surface area contributed by atoms with Gasteiger partial charge >= 0.3 is 0 Å². The van der Waals surface area contributed by atoms with Gasteiger partial charge in [0.2, 0.25) is 0 Å². The second-order valence-electron chi connectivity index (χ2n) is 4.29. The van der Waals surface area contributed by atoms with E-state index in [9.17, 15) is 0 Å². The Morgan fingerprint density at radius 3 is 2.64 bits per heavy atom. The number of hydrogen-bond acceptors (Lipinski definition) is 2. The molecule has 0 aromatic carbocycles. The second kappa shape index (κ2) is 5.08. The Labute approximate surface area is 86.8 Å². The summed E-state index contributed by atoms with van der Waals surface area (Å²) >= 11 is 0. The molecule has 1 aromatic rings. The fourth-order valence-corrected chi connectivity index (χ4v) is 1.85. The van der Waals surface area contributed by atoms with E-state index in [1.807, 2.05) is 12.3 Å². The van der Waals surface area contributed by atoms with Crippen LogP contribution >= 0.6 is 0 Å². The van der Waals surface area contributed by atoms with Crippen molar-refractivity contribution in [3.8, 4) is 0 Å². The van der Waals surface area contributed by atoms with Crippen LogP contribution in [0.25, 0.3) is 0 Å². The molecule has 1 unspecified atom stereocenters. The normalized spacial score (nSPS) is 15.1. The molecule has 1 heterocycles. The molecule has 0 spiro atoms. The van der Waals surface area contributed by atoms with Gasteiger partial charge in [-0.2, -0.15) is 0 Å². The lowest BCUT2D eigenvalue weighted by Crippen LogP contribution is -2.18. The average molecular weight is 192 g/mol. The maximum absolute atomic E-state index is 4.28. The summed E-state index contributed by atoms with van der Waals surface area (Å²) in [6, 6.07) is 2.02. The van der Waals surface area contributed by atoms with E-state index < -0.39 is 0 Å². The van der Waals surface area contributed by atoms with E-state index in [-0.39, 0.29) is 0 Å². The third-order valence-electron chi connectivity index (χ3n) is 2.96. The summed E-state index contributed by atoms with van der Waals surface area (Å²) in [7, 11) is 0. The number of rotatable bonds is 5. The maximum atomic E-state index is 4.28. The first-order valence-corrected chi connectivity index (χ1v) is 5.45. The first-order valence-electron chi connectivity index (χ1n) is 5.45. The van der Waals surface area contributed by atoms with E-state index in [1.54, 1.807) is 6.33 Å². The van der Waals surface area contributed by atoms with E-state index in [0.717, 1.165) is 12.1 Å². The van der Waals surface area contributed by atoms with Crippen LogP contribution in [0, 0.1) is 5.41 Å². The Balaban J connectivity index is 2.65. The Kier molecular flexibility index (Phi) is 4.05. The Bertz CT molecular complexity index is 258. The quantitative estimate of drug-likeness (QED) is 0.715. The van der Waals surface area contributed by atoms with Crippen molar-refractivity contribution in [2.24, 2.45) is 5.41 Å². The first kappa shape index (κ1) is 11.2. The molecule has 0 saturated heterocycles. The van der Waals surface area contributed by atoms with Crippen molar-refractivity contribution in [1.29, 1.82) is 0 Å². The topological polar surface area (TPSA) is 25.8 Å². The van der Waals surface area contributed by atoms with Crippen LogP contribution in [0.4, 0.5) is 0 Å². The van der Waals surface area contributed by atoms with E-state index in [2.05, 4.69) is 30.7 Å². The highest BCUT2D eigenvalue weighted by atomic mass is 14.8. The van der Waals surface area contributed by atoms with E-state index in [4.69, 9.17) is 0 Å². The van der Waals surface area contributed by atoms with Crippen molar-refractivity contribution in [2.75, 3.05) is 0 Å². The number of hydrogen-bond donors (Lipinski definition) is 0. The molecular weight excluding hydrogens is 172 g/mol. The molecule has 0 bridgehead atoms. The first-order chi connectivity index (χ1) is 6.70. The smallest absolute Gasteiger partial charge is 0.115 e. The van der Waals surface area contributed by atoms with Crippen LogP contribution in [0.5, 0.6) is 0 Å². The van der Waals surface area contributed by atoms with Gasteiger partial charge in [0.1, 0.15) is 6.33 Å². The van der Waals surface area contributed by atoms with Gasteiger partial charge in [0.05, 0.1) is 0 Å². The van der Waals surface area contributed by atoms with Gasteiger partial charge in [0, 0.05) is 11.9 Å². The van der Waals surface area contributed by atoms with E-state index in [0.29, 0.717) is 5.41 Å². The summed E-state index contributed by atoms with van der Waals surface area (Å²) in [6.07, 6.45) is 8.26. The van der Waals surface area contributed by atoms with Gasteiger partial charge in [0.25, 0.3) is 0 Å². The largest absolute Gasteiger partial charge is 0.245 e. The lowest BCUT2D eigenvalue weighted by atomic mass is 9.79. The molecule has 0 N–H and O–H groups in total. The number of aromatic nitrogens is 2. The van der Waals surface area contributed by atoms with Crippen molar-refractivity contribution in [3.63, 3.8) is 0 Å². The van der Waals surface area contributed by atoms with Crippen LogP contribution in [0.1, 0.15) is 45.7 Å². The molecule has 0 aliphatic heterocycles. The molecule has 78 valence electrons. The molecule has 0 radical (unpaired) electrons. The van der Waals surface area contributed by atoms with Crippen LogP contribution in [-0.4, -0.2) is 9.97 Å². The van der Waals surface area contributed by atoms with Crippen LogP contribution in [-0.2, 0) is 6.42 Å². The summed E-state index contributed by atoms with van der Waals surface area (Å²) in [5, 5.41) is 0. The fraction of sp³-hybridized carbons (Fsp3) is 0.667. The molecule has 1 aromatic heterocycles. The van der Waals surface area contributed by atoms with E-state index >= 15 is 0 Å². The highest BCUT2D eigenvalue weighted by Crippen LogP contribution is 2.30. The molecule has 2 nitrogen and oxygen atoms in total. The van der Waals surface area contributed by atoms with Gasteiger partial charge < -0.3 is 0 Å². The van der Waals surface area contributed by atoms with Crippen molar-refractivity contribution >= 4 is 0 Å². The lowest BCUT2D eigenvalue weighted by Gasteiger charge is -2.27. The van der Waals surface area contributed by atoms with Crippen LogP contribution < -0.4 is 0 Å². The Morgan fingerprint density at radius 1 is 1.36 bits per heavy atom. The molecule has 1 atom stereocenters. The highest BCUT2D eigenvalue weighted by Gasteiger charge is 2.21. The van der Waals surface area contributed by atoms with Crippen LogP contribution in [0.2, 0.25) is 0 Å². The van der Waals surface area contributed by atoms with Crippen LogP contribution in [0.15, 0.2) is 18.6 Å². The fourth-order valence-electron chi connectivity index (χ4n) is 1.85. The molecule has 2 heteroatoms. The van der Waals surface area contributed by atoms with Crippen molar-refractivity contribution in [1.82, 2.24) is 9.97 Å². The van der Waals surface area contributed by atoms with Gasteiger partial charge in [-0.25, -0.2) is 9.97 Å². The maximum Gasteiger partial charge on any atom is 0.115 e. The zero-order valence-electron chi connectivity index (χ0n) is 9.45. The summed E-state index contributed by atoms with van der Waals surface area (Å²) in [5.74, 6) is 0. The molecular formula is C12H20N2. The monoisotopic (exact) mass is 192 g/mol. The minimum absolute atomic E-state index is 0.406. The zero-order chi connectivity index (χ0) is 10.4. The van der Waals surface area contributed by atoms with Gasteiger partial charge in [-0.3, -0.25) is 0 Å². The predicted molar refractivity (Wildman–Crippen MR) is 59.0 cm³/mol. The van der Waals surface area contributed by atoms with Gasteiger partial charge in [0.15, 0.2) is 0 Å². The summed E-state index contributed by atoms with van der Waals surface area (Å²) in [5.41, 5.74) is 1.57. The molecule has 14 heavy (non-hydrogen) atoms. The predicted octanol–water partition coefficient (Wildman–Crippen LogP) is 3.24. The molecule has 0 aliphatic rings. The summed E-state index contributed by atoms with van der Waals surface area (Å²) in [4.78, 5) is 8.22. The lowest BCUT2D eigenvalue weighted by molar-refractivity contribution is 0.276. The highest BCUT2D eigenvalue weighted by molar-refractivity contribution is 5.01. The number of nitrogens with zero attached hydrogens (tertiary/aromatic N) is 2. The van der Waals surface area contributed by atoms with E-state index in [1.165, 1.54) is 19.3 Å². The Hall–Kier alpha value is -0.920. The van der Waals surface area contributed by atoms with Crippen molar-refractivity contribution in [2.45, 2.75) is 46.5 Å². The third-order valence-corrected chi connectivity index (χ3v) is 2.96. The van der Waals surface area contributed by atoms with Crippen molar-refractivity contribution < 1.29 is 0 Å². The minimum atomic E-state index is 0.406. The molecule has 0 amide bonds. The summed E-state index contributed by atoms with van der Waals surface area (Å²) in [6.45, 7) is 6.85. The standard InChI is InChI=1S/C12H20N2/c1-4-7-12(3,5-2)9-11-6-8-13-10-14-11/h6,8,10H,4-5,7,9H2,1-3H3. The minimum Gasteiger partial charge on any atom is -0.245 e. The zero-order valence-corrected chi connectivity index (χ0v) is 9.45. The van der Waals surface area contributed by atoms with Gasteiger partial charge in [-0.15, -0.1) is 0 Å². The second-order valence-corrected chi connectivity index (χ2v) is 4.29. The third kappa shape index (κ3) is 3.09. The average Bonchev–Trinajstić information content (AvgIpc) is 2.20.